The van der Waals surface area contributed by atoms with E-state index in [0.29, 0.717) is 30.7 Å². The molecule has 6 nitrogen and oxygen atoms in total. The fraction of sp³-hybridized carbons (Fsp3) is 0.857. The van der Waals surface area contributed by atoms with Gasteiger partial charge in [0.15, 0.2) is 5.96 Å². The lowest BCUT2D eigenvalue weighted by atomic mass is 9.90. The average molecular weight is 379 g/mol. The molecule has 0 aromatic heterocycles. The van der Waals surface area contributed by atoms with Gasteiger partial charge in [-0.15, -0.1) is 0 Å². The van der Waals surface area contributed by atoms with Crippen LogP contribution in [0.5, 0.6) is 0 Å². The number of guanidine groups is 1. The van der Waals surface area contributed by atoms with E-state index in [1.165, 1.54) is 0 Å². The van der Waals surface area contributed by atoms with E-state index >= 15 is 0 Å². The van der Waals surface area contributed by atoms with Crippen molar-refractivity contribution in [2.45, 2.75) is 78.7 Å². The molecule has 2 aliphatic rings. The molecule has 0 spiro atoms. The van der Waals surface area contributed by atoms with Gasteiger partial charge in [-0.3, -0.25) is 19.9 Å². The standard InChI is InChI=1S/C21H38N4O2/c1-15(2)6-7-18(26)24-11-8-17(9-12-24)10-13-25-19(27)21(5,14-16(3)4)23-20(25)22/h15-17H,6-14H2,1-5H3,(H2,22,23). The molecule has 2 N–H and O–H groups in total. The van der Waals surface area contributed by atoms with Gasteiger partial charge in [-0.2, -0.15) is 0 Å². The molecular weight excluding hydrogens is 340 g/mol. The Kier molecular flexibility index (Phi) is 7.29. The smallest absolute Gasteiger partial charge is 0.254 e. The molecule has 2 amide bonds. The molecule has 2 heterocycles. The number of nitrogens with zero attached hydrogens (tertiary/aromatic N) is 2. The number of piperidine rings is 1. The molecule has 0 saturated carbocycles. The molecule has 2 saturated heterocycles. The van der Waals surface area contributed by atoms with Crippen molar-refractivity contribution in [1.82, 2.24) is 15.1 Å². The molecule has 154 valence electrons. The summed E-state index contributed by atoms with van der Waals surface area (Å²) in [5, 5.41) is 11.3. The minimum atomic E-state index is -0.641. The van der Waals surface area contributed by atoms with Gasteiger partial charge in [0.2, 0.25) is 5.91 Å². The Morgan fingerprint density at radius 2 is 1.85 bits per heavy atom. The maximum absolute atomic E-state index is 12.8. The molecule has 2 fully saturated rings. The zero-order valence-corrected chi connectivity index (χ0v) is 17.8. The van der Waals surface area contributed by atoms with Crippen molar-refractivity contribution >= 4 is 17.8 Å². The lowest BCUT2D eigenvalue weighted by molar-refractivity contribution is -0.132. The van der Waals surface area contributed by atoms with Crippen LogP contribution in [0.2, 0.25) is 0 Å². The molecule has 1 atom stereocenters. The van der Waals surface area contributed by atoms with Crippen molar-refractivity contribution < 1.29 is 9.59 Å². The highest BCUT2D eigenvalue weighted by Crippen LogP contribution is 2.27. The summed E-state index contributed by atoms with van der Waals surface area (Å²) in [6.45, 7) is 12.7. The van der Waals surface area contributed by atoms with Gasteiger partial charge in [0.25, 0.3) is 5.91 Å². The van der Waals surface area contributed by atoms with Crippen molar-refractivity contribution in [1.29, 1.82) is 5.41 Å². The molecule has 1 unspecified atom stereocenters. The van der Waals surface area contributed by atoms with Crippen molar-refractivity contribution in [3.8, 4) is 0 Å². The monoisotopic (exact) mass is 378 g/mol. The van der Waals surface area contributed by atoms with Gasteiger partial charge in [-0.25, -0.2) is 0 Å². The first kappa shape index (κ1) is 21.7. The first-order valence-corrected chi connectivity index (χ1v) is 10.6. The first-order chi connectivity index (χ1) is 12.6. The summed E-state index contributed by atoms with van der Waals surface area (Å²) in [7, 11) is 0. The van der Waals surface area contributed by atoms with Crippen LogP contribution in [-0.4, -0.2) is 52.7 Å². The fourth-order valence-electron chi connectivity index (χ4n) is 4.30. The summed E-state index contributed by atoms with van der Waals surface area (Å²) < 4.78 is 0. The summed E-state index contributed by atoms with van der Waals surface area (Å²) in [6, 6.07) is 0. The van der Waals surface area contributed by atoms with E-state index in [-0.39, 0.29) is 17.8 Å². The molecule has 0 aromatic carbocycles. The zero-order valence-electron chi connectivity index (χ0n) is 17.8. The highest BCUT2D eigenvalue weighted by atomic mass is 16.2. The van der Waals surface area contributed by atoms with E-state index < -0.39 is 5.54 Å². The van der Waals surface area contributed by atoms with Crippen LogP contribution in [-0.2, 0) is 9.59 Å². The van der Waals surface area contributed by atoms with Gasteiger partial charge in [0.1, 0.15) is 5.54 Å². The quantitative estimate of drug-likeness (QED) is 0.681. The Morgan fingerprint density at radius 1 is 1.22 bits per heavy atom. The molecule has 0 aromatic rings. The van der Waals surface area contributed by atoms with E-state index in [0.717, 1.165) is 45.2 Å². The van der Waals surface area contributed by atoms with Gasteiger partial charge in [0, 0.05) is 26.1 Å². The molecule has 0 radical (unpaired) electrons. The summed E-state index contributed by atoms with van der Waals surface area (Å²) in [5.41, 5.74) is -0.641. The highest BCUT2D eigenvalue weighted by molar-refractivity contribution is 6.07. The number of carbonyl (C=O) groups excluding carboxylic acids is 2. The van der Waals surface area contributed by atoms with Crippen LogP contribution in [0.4, 0.5) is 0 Å². The van der Waals surface area contributed by atoms with Crippen molar-refractivity contribution in [3.63, 3.8) is 0 Å². The van der Waals surface area contributed by atoms with Crippen molar-refractivity contribution in [2.75, 3.05) is 19.6 Å². The third kappa shape index (κ3) is 5.69. The summed E-state index contributed by atoms with van der Waals surface area (Å²) in [5.74, 6) is 2.04. The Bertz CT molecular complexity index is 552. The van der Waals surface area contributed by atoms with Crippen LogP contribution in [0.3, 0.4) is 0 Å². The SMILES string of the molecule is CC(C)CCC(=O)N1CCC(CCN2C(=N)NC(C)(CC(C)C)C2=O)CC1. The molecule has 0 aliphatic carbocycles. The molecule has 2 rings (SSSR count). The number of hydrogen-bond donors (Lipinski definition) is 2. The molecular formula is C21H38N4O2. The summed E-state index contributed by atoms with van der Waals surface area (Å²) in [6.07, 6.45) is 5.25. The van der Waals surface area contributed by atoms with Gasteiger partial charge in [-0.1, -0.05) is 27.7 Å². The Hall–Kier alpha value is -1.59. The summed E-state index contributed by atoms with van der Waals surface area (Å²) >= 11 is 0. The number of nitrogens with one attached hydrogen (secondary N) is 2. The van der Waals surface area contributed by atoms with Crippen LogP contribution in [0.25, 0.3) is 0 Å². The van der Waals surface area contributed by atoms with E-state index in [9.17, 15) is 9.59 Å². The van der Waals surface area contributed by atoms with Crippen molar-refractivity contribution in [3.05, 3.63) is 0 Å². The average Bonchev–Trinajstić information content (AvgIpc) is 2.79. The van der Waals surface area contributed by atoms with Crippen LogP contribution in [0.15, 0.2) is 0 Å². The number of rotatable bonds is 8. The van der Waals surface area contributed by atoms with Crippen LogP contribution in [0.1, 0.15) is 73.1 Å². The molecule has 0 bridgehead atoms. The summed E-state index contributed by atoms with van der Waals surface area (Å²) in [4.78, 5) is 28.7. The van der Waals surface area contributed by atoms with E-state index in [1.807, 2.05) is 11.8 Å². The fourth-order valence-corrected chi connectivity index (χ4v) is 4.30. The van der Waals surface area contributed by atoms with Gasteiger partial charge in [0.05, 0.1) is 0 Å². The third-order valence-corrected chi connectivity index (χ3v) is 5.86. The third-order valence-electron chi connectivity index (χ3n) is 5.86. The maximum Gasteiger partial charge on any atom is 0.254 e. The van der Waals surface area contributed by atoms with E-state index in [1.54, 1.807) is 4.90 Å². The maximum atomic E-state index is 12.8. The molecule has 6 heteroatoms. The van der Waals surface area contributed by atoms with E-state index in [2.05, 4.69) is 33.0 Å². The minimum Gasteiger partial charge on any atom is -0.343 e. The Morgan fingerprint density at radius 3 is 2.41 bits per heavy atom. The Balaban J connectivity index is 1.77. The first-order valence-electron chi connectivity index (χ1n) is 10.6. The molecule has 27 heavy (non-hydrogen) atoms. The number of hydrogen-bond acceptors (Lipinski definition) is 3. The second-order valence-corrected chi connectivity index (χ2v) is 9.41. The largest absolute Gasteiger partial charge is 0.343 e. The number of likely N-dealkylation sites (tertiary alicyclic amines) is 1. The minimum absolute atomic E-state index is 0.0301. The lowest BCUT2D eigenvalue weighted by Gasteiger charge is -2.33. The Labute approximate surface area is 164 Å². The lowest BCUT2D eigenvalue weighted by Crippen LogP contribution is -2.45. The van der Waals surface area contributed by atoms with Gasteiger partial charge < -0.3 is 10.2 Å². The predicted molar refractivity (Wildman–Crippen MR) is 108 cm³/mol. The van der Waals surface area contributed by atoms with E-state index in [4.69, 9.17) is 5.41 Å². The number of carbonyl (C=O) groups is 2. The number of amides is 2. The van der Waals surface area contributed by atoms with Crippen LogP contribution in [0, 0.1) is 23.2 Å². The van der Waals surface area contributed by atoms with Crippen LogP contribution >= 0.6 is 0 Å². The zero-order chi connectivity index (χ0) is 20.2. The van der Waals surface area contributed by atoms with Crippen LogP contribution < -0.4 is 5.32 Å². The topological polar surface area (TPSA) is 76.5 Å². The second kappa shape index (κ2) is 9.07. The molecule has 2 aliphatic heterocycles. The van der Waals surface area contributed by atoms with Gasteiger partial charge in [-0.05, 0) is 56.8 Å². The predicted octanol–water partition coefficient (Wildman–Crippen LogP) is 3.22. The normalized spacial score (nSPS) is 24.3. The van der Waals surface area contributed by atoms with Gasteiger partial charge >= 0.3 is 0 Å². The highest BCUT2D eigenvalue weighted by Gasteiger charge is 2.45. The second-order valence-electron chi connectivity index (χ2n) is 9.41. The van der Waals surface area contributed by atoms with Crippen molar-refractivity contribution in [2.24, 2.45) is 17.8 Å².